The van der Waals surface area contributed by atoms with E-state index in [0.717, 1.165) is 18.8 Å². The van der Waals surface area contributed by atoms with Crippen molar-refractivity contribution in [2.45, 2.75) is 51.9 Å². The van der Waals surface area contributed by atoms with Crippen LogP contribution < -0.4 is 5.32 Å². The third-order valence-electron chi connectivity index (χ3n) is 3.78. The molecule has 1 heterocycles. The van der Waals surface area contributed by atoms with Crippen LogP contribution in [0.4, 0.5) is 0 Å². The van der Waals surface area contributed by atoms with E-state index >= 15 is 0 Å². The van der Waals surface area contributed by atoms with Crippen molar-refractivity contribution in [1.29, 1.82) is 0 Å². The van der Waals surface area contributed by atoms with Gasteiger partial charge in [-0.15, -0.1) is 0 Å². The molecule has 0 unspecified atom stereocenters. The molecule has 1 aromatic heterocycles. The largest absolute Gasteiger partial charge is 0.319 e. The summed E-state index contributed by atoms with van der Waals surface area (Å²) in [4.78, 5) is 9.46. The highest BCUT2D eigenvalue weighted by atomic mass is 14.9. The van der Waals surface area contributed by atoms with Gasteiger partial charge in [0, 0.05) is 17.3 Å². The van der Waals surface area contributed by atoms with Crippen LogP contribution in [0.2, 0.25) is 0 Å². The maximum absolute atomic E-state index is 4.73. The van der Waals surface area contributed by atoms with Gasteiger partial charge in [-0.25, -0.2) is 9.97 Å². The van der Waals surface area contributed by atoms with E-state index in [-0.39, 0.29) is 0 Å². The summed E-state index contributed by atoms with van der Waals surface area (Å²) < 4.78 is 0. The normalized spacial score (nSPS) is 16.6. The molecule has 17 heavy (non-hydrogen) atoms. The monoisotopic (exact) mass is 233 g/mol. The van der Waals surface area contributed by atoms with Gasteiger partial charge in [-0.05, 0) is 52.3 Å². The molecular weight excluding hydrogens is 210 g/mol. The summed E-state index contributed by atoms with van der Waals surface area (Å²) in [5, 5.41) is 3.18. The maximum atomic E-state index is 4.73. The standard InChI is InChI=1S/C14H23N3/c1-10-13(8-9-15-3)11(2)17-14(16-10)12-6-4-5-7-12/h12,15H,4-9H2,1-3H3. The van der Waals surface area contributed by atoms with Gasteiger partial charge in [-0.2, -0.15) is 0 Å². The Morgan fingerprint density at radius 3 is 2.24 bits per heavy atom. The lowest BCUT2D eigenvalue weighted by Crippen LogP contribution is -2.14. The summed E-state index contributed by atoms with van der Waals surface area (Å²) in [7, 11) is 1.98. The van der Waals surface area contributed by atoms with Gasteiger partial charge < -0.3 is 5.32 Å². The Labute approximate surface area is 104 Å². The maximum Gasteiger partial charge on any atom is 0.131 e. The van der Waals surface area contributed by atoms with E-state index in [1.807, 2.05) is 7.05 Å². The van der Waals surface area contributed by atoms with E-state index in [4.69, 9.17) is 9.97 Å². The van der Waals surface area contributed by atoms with Crippen LogP contribution in [-0.4, -0.2) is 23.6 Å². The lowest BCUT2D eigenvalue weighted by Gasteiger charge is -2.13. The first-order chi connectivity index (χ1) is 8.22. The lowest BCUT2D eigenvalue weighted by molar-refractivity contribution is 0.653. The van der Waals surface area contributed by atoms with Crippen molar-refractivity contribution in [3.63, 3.8) is 0 Å². The molecule has 2 rings (SSSR count). The quantitative estimate of drug-likeness (QED) is 0.868. The summed E-state index contributed by atoms with van der Waals surface area (Å²) in [6.45, 7) is 5.24. The van der Waals surface area contributed by atoms with Crippen molar-refractivity contribution in [3.8, 4) is 0 Å². The van der Waals surface area contributed by atoms with Gasteiger partial charge in [-0.1, -0.05) is 12.8 Å². The van der Waals surface area contributed by atoms with E-state index in [2.05, 4.69) is 19.2 Å². The summed E-state index contributed by atoms with van der Waals surface area (Å²) >= 11 is 0. The first kappa shape index (κ1) is 12.5. The van der Waals surface area contributed by atoms with Crippen molar-refractivity contribution in [1.82, 2.24) is 15.3 Å². The molecule has 0 amide bonds. The number of nitrogens with one attached hydrogen (secondary N) is 1. The molecule has 0 spiro atoms. The fourth-order valence-corrected chi connectivity index (χ4v) is 2.74. The summed E-state index contributed by atoms with van der Waals surface area (Å²) in [5.41, 5.74) is 3.67. The highest BCUT2D eigenvalue weighted by molar-refractivity contribution is 5.25. The van der Waals surface area contributed by atoms with E-state index in [1.165, 1.54) is 42.6 Å². The average molecular weight is 233 g/mol. The van der Waals surface area contributed by atoms with Crippen molar-refractivity contribution in [2.75, 3.05) is 13.6 Å². The minimum Gasteiger partial charge on any atom is -0.319 e. The van der Waals surface area contributed by atoms with E-state index < -0.39 is 0 Å². The molecule has 0 atom stereocenters. The van der Waals surface area contributed by atoms with Crippen LogP contribution in [0.25, 0.3) is 0 Å². The Morgan fingerprint density at radius 1 is 1.12 bits per heavy atom. The molecule has 0 radical (unpaired) electrons. The molecule has 3 heteroatoms. The van der Waals surface area contributed by atoms with Gasteiger partial charge in [0.15, 0.2) is 0 Å². The number of aromatic nitrogens is 2. The Kier molecular flexibility index (Phi) is 4.11. The molecule has 1 fully saturated rings. The van der Waals surface area contributed by atoms with Crippen LogP contribution in [0.5, 0.6) is 0 Å². The first-order valence-electron chi connectivity index (χ1n) is 6.71. The molecule has 3 nitrogen and oxygen atoms in total. The minimum atomic E-state index is 0.616. The van der Waals surface area contributed by atoms with Crippen molar-refractivity contribution >= 4 is 0 Å². The Balaban J connectivity index is 2.21. The zero-order valence-electron chi connectivity index (χ0n) is 11.2. The van der Waals surface area contributed by atoms with Crippen molar-refractivity contribution in [2.24, 2.45) is 0 Å². The minimum absolute atomic E-state index is 0.616. The molecule has 94 valence electrons. The second kappa shape index (κ2) is 5.58. The SMILES string of the molecule is CNCCc1c(C)nc(C2CCCC2)nc1C. The van der Waals surface area contributed by atoms with E-state index in [1.54, 1.807) is 0 Å². The van der Waals surface area contributed by atoms with Crippen LogP contribution in [0.1, 0.15) is 54.4 Å². The van der Waals surface area contributed by atoms with Gasteiger partial charge in [0.1, 0.15) is 5.82 Å². The molecular formula is C14H23N3. The highest BCUT2D eigenvalue weighted by Crippen LogP contribution is 2.32. The zero-order valence-corrected chi connectivity index (χ0v) is 11.2. The Hall–Kier alpha value is -0.960. The second-order valence-electron chi connectivity index (χ2n) is 5.07. The molecule has 0 saturated heterocycles. The number of aryl methyl sites for hydroxylation is 2. The number of hydrogen-bond acceptors (Lipinski definition) is 3. The summed E-state index contributed by atoms with van der Waals surface area (Å²) in [6.07, 6.45) is 6.25. The molecule has 1 aliphatic rings. The molecule has 1 saturated carbocycles. The van der Waals surface area contributed by atoms with Gasteiger partial charge in [0.25, 0.3) is 0 Å². The van der Waals surface area contributed by atoms with Crippen LogP contribution in [0.15, 0.2) is 0 Å². The molecule has 0 aromatic carbocycles. The topological polar surface area (TPSA) is 37.8 Å². The third kappa shape index (κ3) is 2.83. The molecule has 1 aromatic rings. The average Bonchev–Trinajstić information content (AvgIpc) is 2.81. The number of hydrogen-bond donors (Lipinski definition) is 1. The van der Waals surface area contributed by atoms with Gasteiger partial charge in [-0.3, -0.25) is 0 Å². The summed E-state index contributed by atoms with van der Waals surface area (Å²) in [5.74, 6) is 1.71. The number of likely N-dealkylation sites (N-methyl/N-ethyl adjacent to an activating group) is 1. The lowest BCUT2D eigenvalue weighted by atomic mass is 10.0. The summed E-state index contributed by atoms with van der Waals surface area (Å²) in [6, 6.07) is 0. The van der Waals surface area contributed by atoms with Crippen LogP contribution >= 0.6 is 0 Å². The smallest absolute Gasteiger partial charge is 0.131 e. The molecule has 0 bridgehead atoms. The van der Waals surface area contributed by atoms with Crippen LogP contribution in [0, 0.1) is 13.8 Å². The first-order valence-corrected chi connectivity index (χ1v) is 6.71. The molecule has 0 aliphatic heterocycles. The van der Waals surface area contributed by atoms with Gasteiger partial charge in [0.05, 0.1) is 0 Å². The second-order valence-corrected chi connectivity index (χ2v) is 5.07. The van der Waals surface area contributed by atoms with Gasteiger partial charge in [0.2, 0.25) is 0 Å². The Bertz CT molecular complexity index is 358. The predicted molar refractivity (Wildman–Crippen MR) is 70.3 cm³/mol. The van der Waals surface area contributed by atoms with E-state index in [9.17, 15) is 0 Å². The molecule has 1 N–H and O–H groups in total. The third-order valence-corrected chi connectivity index (χ3v) is 3.78. The van der Waals surface area contributed by atoms with Crippen LogP contribution in [0.3, 0.4) is 0 Å². The van der Waals surface area contributed by atoms with Crippen molar-refractivity contribution < 1.29 is 0 Å². The Morgan fingerprint density at radius 2 is 1.71 bits per heavy atom. The number of nitrogens with zero attached hydrogens (tertiary/aromatic N) is 2. The highest BCUT2D eigenvalue weighted by Gasteiger charge is 2.21. The number of rotatable bonds is 4. The fraction of sp³-hybridized carbons (Fsp3) is 0.714. The van der Waals surface area contributed by atoms with E-state index in [0.29, 0.717) is 5.92 Å². The fourth-order valence-electron chi connectivity index (χ4n) is 2.74. The van der Waals surface area contributed by atoms with Crippen LogP contribution in [-0.2, 0) is 6.42 Å². The zero-order chi connectivity index (χ0) is 12.3. The van der Waals surface area contributed by atoms with Crippen molar-refractivity contribution in [3.05, 3.63) is 22.8 Å². The predicted octanol–water partition coefficient (Wildman–Crippen LogP) is 2.51. The van der Waals surface area contributed by atoms with Gasteiger partial charge >= 0.3 is 0 Å². The molecule has 1 aliphatic carbocycles.